The van der Waals surface area contributed by atoms with Crippen molar-refractivity contribution in [1.29, 1.82) is 0 Å². The Morgan fingerprint density at radius 1 is 0.800 bits per heavy atom. The topological polar surface area (TPSA) is 63.9 Å². The molecule has 0 aliphatic carbocycles. The molecule has 0 atom stereocenters. The van der Waals surface area contributed by atoms with Crippen molar-refractivity contribution < 1.29 is 19.4 Å². The highest BCUT2D eigenvalue weighted by Crippen LogP contribution is 2.35. The summed E-state index contributed by atoms with van der Waals surface area (Å²) in [7, 11) is -0.409. The average Bonchev–Trinajstić information content (AvgIpc) is 2.96. The second-order valence-corrected chi connectivity index (χ2v) is 5.65. The quantitative estimate of drug-likeness (QED) is 0.563. The number of rotatable bonds is 4. The number of methoxy groups -OCH3 is 1. The molecule has 0 radical (unpaired) electrons. The van der Waals surface area contributed by atoms with Gasteiger partial charge in [0.2, 0.25) is 0 Å². The molecule has 0 saturated carbocycles. The van der Waals surface area contributed by atoms with Crippen molar-refractivity contribution in [2.24, 2.45) is 0 Å². The van der Waals surface area contributed by atoms with E-state index < -0.39 is 7.32 Å². The highest BCUT2D eigenvalue weighted by Gasteiger charge is 2.17. The summed E-state index contributed by atoms with van der Waals surface area (Å²) in [5, 5.41) is 20.6. The van der Waals surface area contributed by atoms with Crippen LogP contribution < -0.4 is 9.39 Å². The second kappa shape index (κ2) is 6.16. The Balaban J connectivity index is 2.00. The van der Waals surface area contributed by atoms with E-state index in [2.05, 4.69) is 28.8 Å². The minimum Gasteiger partial charge on any atom is -0.509 e. The molecule has 3 aromatic carbocycles. The minimum atomic E-state index is -1.91. The lowest BCUT2D eigenvalue weighted by Gasteiger charge is -2.14. The molecule has 25 heavy (non-hydrogen) atoms. The number of hydrogen-bond acceptors (Lipinski definition) is 4. The zero-order valence-electron chi connectivity index (χ0n) is 13.6. The van der Waals surface area contributed by atoms with Gasteiger partial charge in [-0.1, -0.05) is 36.4 Å². The van der Waals surface area contributed by atoms with Crippen LogP contribution in [0, 0.1) is 0 Å². The molecular weight excluding hydrogens is 317 g/mol. The minimum absolute atomic E-state index is 0.261. The zero-order valence-corrected chi connectivity index (χ0v) is 13.6. The predicted octanol–water partition coefficient (Wildman–Crippen LogP) is 3.14. The van der Waals surface area contributed by atoms with Gasteiger partial charge in [-0.15, -0.1) is 0 Å². The normalized spacial score (nSPS) is 11.0. The first-order valence-electron chi connectivity index (χ1n) is 7.88. The van der Waals surface area contributed by atoms with E-state index >= 15 is 0 Å². The fraction of sp³-hybridized carbons (Fsp3) is 0.0526. The van der Waals surface area contributed by atoms with E-state index in [-0.39, 0.29) is 5.75 Å². The summed E-state index contributed by atoms with van der Waals surface area (Å²) >= 11 is 0. The van der Waals surface area contributed by atoms with Gasteiger partial charge in [0.05, 0.1) is 23.8 Å². The van der Waals surface area contributed by atoms with Crippen LogP contribution in [0.15, 0.2) is 66.7 Å². The molecule has 0 unspecified atom stereocenters. The molecular formula is C19H16BNO4. The van der Waals surface area contributed by atoms with Gasteiger partial charge < -0.3 is 24.0 Å². The summed E-state index contributed by atoms with van der Waals surface area (Å²) in [6.45, 7) is 0. The van der Waals surface area contributed by atoms with Crippen molar-refractivity contribution in [3.63, 3.8) is 0 Å². The van der Waals surface area contributed by atoms with Gasteiger partial charge in [0.1, 0.15) is 5.75 Å². The molecule has 4 rings (SSSR count). The molecule has 0 bridgehead atoms. The van der Waals surface area contributed by atoms with Crippen molar-refractivity contribution in [2.45, 2.75) is 0 Å². The van der Waals surface area contributed by atoms with Gasteiger partial charge in [-0.25, -0.2) is 0 Å². The van der Waals surface area contributed by atoms with Gasteiger partial charge >= 0.3 is 7.32 Å². The molecule has 0 aliphatic rings. The molecule has 0 fully saturated rings. The maximum Gasteiger partial charge on any atom is 0.707 e. The predicted molar refractivity (Wildman–Crippen MR) is 98.2 cm³/mol. The number of fused-ring (bicyclic) bond motifs is 3. The lowest BCUT2D eigenvalue weighted by Crippen LogP contribution is -2.21. The maximum atomic E-state index is 9.16. The van der Waals surface area contributed by atoms with E-state index in [0.717, 1.165) is 27.5 Å². The number of nitrogens with zero attached hydrogens (tertiary/aromatic N) is 1. The van der Waals surface area contributed by atoms with Crippen LogP contribution in [-0.4, -0.2) is 29.0 Å². The number of ether oxygens (including phenoxy) is 1. The van der Waals surface area contributed by atoms with Crippen LogP contribution >= 0.6 is 0 Å². The summed E-state index contributed by atoms with van der Waals surface area (Å²) in [6.07, 6.45) is 0. The lowest BCUT2D eigenvalue weighted by atomic mass is 10.2. The fourth-order valence-corrected chi connectivity index (χ4v) is 3.21. The van der Waals surface area contributed by atoms with E-state index in [0.29, 0.717) is 5.75 Å². The maximum absolute atomic E-state index is 9.16. The largest absolute Gasteiger partial charge is 0.707 e. The molecule has 0 aliphatic heterocycles. The summed E-state index contributed by atoms with van der Waals surface area (Å²) in [5.41, 5.74) is 2.96. The van der Waals surface area contributed by atoms with Gasteiger partial charge in [0.15, 0.2) is 5.75 Å². The van der Waals surface area contributed by atoms with Crippen molar-refractivity contribution in [1.82, 2.24) is 4.57 Å². The van der Waals surface area contributed by atoms with Crippen LogP contribution in [0.5, 0.6) is 11.5 Å². The van der Waals surface area contributed by atoms with E-state index in [4.69, 9.17) is 19.4 Å². The second-order valence-electron chi connectivity index (χ2n) is 5.65. The van der Waals surface area contributed by atoms with Gasteiger partial charge in [0, 0.05) is 16.8 Å². The summed E-state index contributed by atoms with van der Waals surface area (Å²) in [5.74, 6) is 0.689. The highest BCUT2D eigenvalue weighted by molar-refractivity contribution is 6.33. The third kappa shape index (κ3) is 2.61. The van der Waals surface area contributed by atoms with Crippen LogP contribution in [0.2, 0.25) is 0 Å². The first-order valence-corrected chi connectivity index (χ1v) is 7.88. The molecule has 4 aromatic rings. The highest BCUT2D eigenvalue weighted by atomic mass is 16.6. The fourth-order valence-electron chi connectivity index (χ4n) is 3.21. The number of hydrogen-bond donors (Lipinski definition) is 2. The monoisotopic (exact) mass is 333 g/mol. The number of para-hydroxylation sites is 2. The van der Waals surface area contributed by atoms with Gasteiger partial charge in [-0.2, -0.15) is 0 Å². The standard InChI is InChI=1S/C19H16BNO4/c1-24-18-11-10-13(12-19(18)25-20(22)23)21-16-8-4-2-6-14(16)15-7-3-5-9-17(15)21/h2-12,22-23H,1H3. The Labute approximate surface area is 144 Å². The smallest absolute Gasteiger partial charge is 0.509 e. The van der Waals surface area contributed by atoms with E-state index in [1.165, 1.54) is 7.11 Å². The van der Waals surface area contributed by atoms with Crippen molar-refractivity contribution in [2.75, 3.05) is 7.11 Å². The Kier molecular flexibility index (Phi) is 3.84. The first kappa shape index (κ1) is 15.6. The van der Waals surface area contributed by atoms with Crippen molar-refractivity contribution in [3.8, 4) is 17.2 Å². The van der Waals surface area contributed by atoms with Gasteiger partial charge in [0.25, 0.3) is 0 Å². The van der Waals surface area contributed by atoms with E-state index in [1.807, 2.05) is 30.3 Å². The van der Waals surface area contributed by atoms with Crippen LogP contribution in [-0.2, 0) is 0 Å². The van der Waals surface area contributed by atoms with Gasteiger partial charge in [-0.05, 0) is 24.3 Å². The van der Waals surface area contributed by atoms with Crippen LogP contribution in [0.25, 0.3) is 27.5 Å². The van der Waals surface area contributed by atoms with E-state index in [9.17, 15) is 0 Å². The van der Waals surface area contributed by atoms with Crippen molar-refractivity contribution in [3.05, 3.63) is 66.7 Å². The molecule has 124 valence electrons. The Hall–Kier alpha value is -2.96. The summed E-state index contributed by atoms with van der Waals surface area (Å²) < 4.78 is 12.4. The Morgan fingerprint density at radius 2 is 1.40 bits per heavy atom. The third-order valence-electron chi connectivity index (χ3n) is 4.22. The van der Waals surface area contributed by atoms with Crippen LogP contribution in [0.3, 0.4) is 0 Å². The van der Waals surface area contributed by atoms with Gasteiger partial charge in [-0.3, -0.25) is 0 Å². The van der Waals surface area contributed by atoms with E-state index in [1.54, 1.807) is 12.1 Å². The number of benzene rings is 3. The lowest BCUT2D eigenvalue weighted by molar-refractivity contribution is 0.279. The molecule has 2 N–H and O–H groups in total. The Bertz CT molecular complexity index is 1000. The molecule has 0 spiro atoms. The Morgan fingerprint density at radius 3 is 1.96 bits per heavy atom. The van der Waals surface area contributed by atoms with Crippen LogP contribution in [0.1, 0.15) is 0 Å². The molecule has 1 aromatic heterocycles. The summed E-state index contributed by atoms with van der Waals surface area (Å²) in [4.78, 5) is 0. The number of aromatic nitrogens is 1. The third-order valence-corrected chi connectivity index (χ3v) is 4.22. The molecule has 1 heterocycles. The van der Waals surface area contributed by atoms with Crippen LogP contribution in [0.4, 0.5) is 0 Å². The zero-order chi connectivity index (χ0) is 17.4. The summed E-state index contributed by atoms with van der Waals surface area (Å²) in [6, 6.07) is 21.7. The first-order chi connectivity index (χ1) is 12.2. The molecule has 0 amide bonds. The molecule has 6 heteroatoms. The molecule has 0 saturated heterocycles. The molecule has 5 nitrogen and oxygen atoms in total. The van der Waals surface area contributed by atoms with Crippen molar-refractivity contribution >= 4 is 29.1 Å². The average molecular weight is 333 g/mol. The SMILES string of the molecule is COc1ccc(-n2c3ccccc3c3ccccc32)cc1OB(O)O.